The minimum atomic E-state index is -0.0506. The van der Waals surface area contributed by atoms with Gasteiger partial charge in [-0.05, 0) is 44.0 Å². The van der Waals surface area contributed by atoms with E-state index in [1.807, 2.05) is 19.1 Å². The number of carbonyl (C=O) groups excluding carboxylic acids is 1. The van der Waals surface area contributed by atoms with E-state index < -0.39 is 0 Å². The van der Waals surface area contributed by atoms with Crippen molar-refractivity contribution in [2.24, 2.45) is 5.73 Å². The van der Waals surface area contributed by atoms with Gasteiger partial charge >= 0.3 is 0 Å². The van der Waals surface area contributed by atoms with Crippen molar-refractivity contribution in [3.05, 3.63) is 29.8 Å². The molecule has 1 saturated carbocycles. The summed E-state index contributed by atoms with van der Waals surface area (Å²) in [4.78, 5) is 12.1. The maximum atomic E-state index is 12.1. The van der Waals surface area contributed by atoms with Crippen molar-refractivity contribution < 1.29 is 9.53 Å². The molecule has 4 nitrogen and oxygen atoms in total. The van der Waals surface area contributed by atoms with Gasteiger partial charge in [0.15, 0.2) is 0 Å². The molecular weight excluding hydrogens is 240 g/mol. The smallest absolute Gasteiger partial charge is 0.251 e. The Kier molecular flexibility index (Phi) is 4.80. The van der Waals surface area contributed by atoms with Crippen LogP contribution in [0.15, 0.2) is 24.3 Å². The summed E-state index contributed by atoms with van der Waals surface area (Å²) in [5.41, 5.74) is 6.69. The van der Waals surface area contributed by atoms with Crippen LogP contribution in [0.4, 0.5) is 0 Å². The molecule has 1 aliphatic rings. The quantitative estimate of drug-likeness (QED) is 0.873. The fraction of sp³-hybridized carbons (Fsp3) is 0.533. The number of nitrogens with one attached hydrogen (secondary N) is 1. The highest BCUT2D eigenvalue weighted by Gasteiger charge is 2.23. The fourth-order valence-corrected chi connectivity index (χ4v) is 2.46. The molecule has 0 heterocycles. The average molecular weight is 262 g/mol. The van der Waals surface area contributed by atoms with E-state index >= 15 is 0 Å². The first kappa shape index (κ1) is 13.9. The lowest BCUT2D eigenvalue weighted by molar-refractivity contribution is 0.0921. The molecule has 1 fully saturated rings. The van der Waals surface area contributed by atoms with E-state index in [0.717, 1.165) is 31.4 Å². The number of nitrogens with two attached hydrogens (primary N) is 1. The predicted molar refractivity (Wildman–Crippen MR) is 75.3 cm³/mol. The van der Waals surface area contributed by atoms with Crippen molar-refractivity contribution >= 4 is 5.91 Å². The zero-order chi connectivity index (χ0) is 13.7. The third kappa shape index (κ3) is 3.70. The molecule has 19 heavy (non-hydrogen) atoms. The summed E-state index contributed by atoms with van der Waals surface area (Å²) < 4.78 is 5.36. The summed E-state index contributed by atoms with van der Waals surface area (Å²) >= 11 is 0. The van der Waals surface area contributed by atoms with Crippen LogP contribution in [0.2, 0.25) is 0 Å². The average Bonchev–Trinajstić information content (AvgIpc) is 2.42. The van der Waals surface area contributed by atoms with Gasteiger partial charge in [-0.2, -0.15) is 0 Å². The fourth-order valence-electron chi connectivity index (χ4n) is 2.46. The predicted octanol–water partition coefficient (Wildman–Crippen LogP) is 2.08. The van der Waals surface area contributed by atoms with Crippen molar-refractivity contribution in [3.8, 4) is 5.75 Å². The van der Waals surface area contributed by atoms with Crippen LogP contribution in [0.25, 0.3) is 0 Å². The van der Waals surface area contributed by atoms with E-state index in [2.05, 4.69) is 5.32 Å². The molecule has 1 aromatic rings. The molecule has 2 atom stereocenters. The molecule has 3 N–H and O–H groups in total. The highest BCUT2D eigenvalue weighted by Crippen LogP contribution is 2.18. The van der Waals surface area contributed by atoms with Gasteiger partial charge in [0.2, 0.25) is 0 Å². The van der Waals surface area contributed by atoms with Crippen LogP contribution in [0.3, 0.4) is 0 Å². The topological polar surface area (TPSA) is 64.3 Å². The van der Waals surface area contributed by atoms with Gasteiger partial charge < -0.3 is 15.8 Å². The second kappa shape index (κ2) is 6.57. The lowest BCUT2D eigenvalue weighted by Gasteiger charge is -2.29. The van der Waals surface area contributed by atoms with Crippen LogP contribution < -0.4 is 15.8 Å². The third-order valence-corrected chi connectivity index (χ3v) is 3.56. The van der Waals surface area contributed by atoms with Gasteiger partial charge in [-0.1, -0.05) is 12.8 Å². The van der Waals surface area contributed by atoms with Crippen molar-refractivity contribution in [1.82, 2.24) is 5.32 Å². The number of hydrogen-bond donors (Lipinski definition) is 2. The van der Waals surface area contributed by atoms with Gasteiger partial charge in [0.1, 0.15) is 5.75 Å². The zero-order valence-electron chi connectivity index (χ0n) is 11.4. The monoisotopic (exact) mass is 262 g/mol. The summed E-state index contributed by atoms with van der Waals surface area (Å²) in [5.74, 6) is 0.735. The van der Waals surface area contributed by atoms with Gasteiger partial charge in [-0.3, -0.25) is 4.79 Å². The van der Waals surface area contributed by atoms with Crippen LogP contribution in [0, 0.1) is 0 Å². The van der Waals surface area contributed by atoms with Crippen LogP contribution >= 0.6 is 0 Å². The number of rotatable bonds is 4. The van der Waals surface area contributed by atoms with Gasteiger partial charge in [-0.15, -0.1) is 0 Å². The van der Waals surface area contributed by atoms with Crippen molar-refractivity contribution in [2.45, 2.75) is 44.7 Å². The molecule has 2 rings (SSSR count). The van der Waals surface area contributed by atoms with Gasteiger partial charge in [0.25, 0.3) is 5.91 Å². The minimum Gasteiger partial charge on any atom is -0.494 e. The first-order valence-corrected chi connectivity index (χ1v) is 7.00. The molecular formula is C15H22N2O2. The van der Waals surface area contributed by atoms with Crippen molar-refractivity contribution in [1.29, 1.82) is 0 Å². The molecule has 0 spiro atoms. The van der Waals surface area contributed by atoms with Crippen molar-refractivity contribution in [2.75, 3.05) is 6.61 Å². The highest BCUT2D eigenvalue weighted by molar-refractivity contribution is 5.94. The largest absolute Gasteiger partial charge is 0.494 e. The molecule has 0 unspecified atom stereocenters. The number of benzene rings is 1. The van der Waals surface area contributed by atoms with E-state index in [1.165, 1.54) is 0 Å². The number of ether oxygens (including phenoxy) is 1. The van der Waals surface area contributed by atoms with E-state index in [-0.39, 0.29) is 18.0 Å². The summed E-state index contributed by atoms with van der Waals surface area (Å²) in [5, 5.41) is 3.03. The standard InChI is InChI=1S/C15H22N2O2/c1-2-19-12-9-7-11(8-10-12)15(18)17-14-6-4-3-5-13(14)16/h7-10,13-14H,2-6,16H2,1H3,(H,17,18)/t13-,14-/m1/s1. The molecule has 0 aromatic heterocycles. The zero-order valence-corrected chi connectivity index (χ0v) is 11.4. The van der Waals surface area contributed by atoms with Gasteiger partial charge in [-0.25, -0.2) is 0 Å². The summed E-state index contributed by atoms with van der Waals surface area (Å²) in [6, 6.07) is 7.40. The second-order valence-electron chi connectivity index (χ2n) is 4.99. The van der Waals surface area contributed by atoms with E-state index in [9.17, 15) is 4.79 Å². The third-order valence-electron chi connectivity index (χ3n) is 3.56. The Balaban J connectivity index is 1.95. The number of amides is 1. The molecule has 0 bridgehead atoms. The van der Waals surface area contributed by atoms with E-state index in [4.69, 9.17) is 10.5 Å². The Morgan fingerprint density at radius 2 is 2.00 bits per heavy atom. The van der Waals surface area contributed by atoms with Crippen LogP contribution in [0.1, 0.15) is 43.0 Å². The summed E-state index contributed by atoms with van der Waals surface area (Å²) in [6.07, 6.45) is 4.27. The number of carbonyl (C=O) groups is 1. The van der Waals surface area contributed by atoms with Crippen molar-refractivity contribution in [3.63, 3.8) is 0 Å². The Hall–Kier alpha value is -1.55. The Bertz CT molecular complexity index is 417. The Morgan fingerprint density at radius 3 is 2.63 bits per heavy atom. The SMILES string of the molecule is CCOc1ccc(C(=O)N[C@@H]2CCCC[C@H]2N)cc1. The second-order valence-corrected chi connectivity index (χ2v) is 4.99. The molecule has 0 aliphatic heterocycles. The maximum Gasteiger partial charge on any atom is 0.251 e. The molecule has 4 heteroatoms. The van der Waals surface area contributed by atoms with Crippen LogP contribution in [-0.4, -0.2) is 24.6 Å². The number of hydrogen-bond acceptors (Lipinski definition) is 3. The molecule has 1 aliphatic carbocycles. The highest BCUT2D eigenvalue weighted by atomic mass is 16.5. The van der Waals surface area contributed by atoms with E-state index in [0.29, 0.717) is 12.2 Å². The maximum absolute atomic E-state index is 12.1. The minimum absolute atomic E-state index is 0.0506. The van der Waals surface area contributed by atoms with Crippen LogP contribution in [-0.2, 0) is 0 Å². The molecule has 1 amide bonds. The molecule has 0 saturated heterocycles. The first-order chi connectivity index (χ1) is 9.20. The summed E-state index contributed by atoms with van der Waals surface area (Å²) in [7, 11) is 0. The normalized spacial score (nSPS) is 22.8. The molecule has 104 valence electrons. The lowest BCUT2D eigenvalue weighted by Crippen LogP contribution is -2.49. The van der Waals surface area contributed by atoms with Crippen LogP contribution in [0.5, 0.6) is 5.75 Å². The lowest BCUT2D eigenvalue weighted by atomic mass is 9.91. The molecule has 1 aromatic carbocycles. The van der Waals surface area contributed by atoms with Gasteiger partial charge in [0.05, 0.1) is 6.61 Å². The van der Waals surface area contributed by atoms with Gasteiger partial charge in [0, 0.05) is 17.6 Å². The Morgan fingerprint density at radius 1 is 1.32 bits per heavy atom. The first-order valence-electron chi connectivity index (χ1n) is 7.00. The summed E-state index contributed by atoms with van der Waals surface area (Å²) in [6.45, 7) is 2.56. The van der Waals surface area contributed by atoms with E-state index in [1.54, 1.807) is 12.1 Å². The Labute approximate surface area is 114 Å². The molecule has 0 radical (unpaired) electrons.